The molecule has 4 rings (SSSR count). The monoisotopic (exact) mass is 626 g/mol. The highest BCUT2D eigenvalue weighted by atomic mass is 32.3. The molecule has 0 aliphatic carbocycles. The first-order valence-electron chi connectivity index (χ1n) is 15.4. The smallest absolute Gasteiger partial charge is 0.306 e. The zero-order chi connectivity index (χ0) is 32.0. The van der Waals surface area contributed by atoms with E-state index >= 15 is 4.39 Å². The molecule has 1 aliphatic rings. The van der Waals surface area contributed by atoms with Gasteiger partial charge in [-0.15, -0.1) is 10.8 Å². The van der Waals surface area contributed by atoms with Crippen molar-refractivity contribution in [2.45, 2.75) is 76.8 Å². The first kappa shape index (κ1) is 33.9. The Morgan fingerprint density at radius 1 is 1.09 bits per heavy atom. The van der Waals surface area contributed by atoms with Crippen molar-refractivity contribution in [3.8, 4) is 5.75 Å². The number of rotatable bonds is 12. The second-order valence-electron chi connectivity index (χ2n) is 11.9. The molecule has 2 N–H and O–H groups in total. The summed E-state index contributed by atoms with van der Waals surface area (Å²) in [5.74, 6) is -0.420. The highest BCUT2D eigenvalue weighted by Gasteiger charge is 2.35. The zero-order valence-electron chi connectivity index (χ0n) is 26.8. The molecule has 7 nitrogen and oxygen atoms in total. The van der Waals surface area contributed by atoms with Crippen LogP contribution in [0.15, 0.2) is 59.5 Å². The molecular weight excluding hydrogens is 579 g/mol. The van der Waals surface area contributed by atoms with Crippen molar-refractivity contribution >= 4 is 16.7 Å². The third-order valence-electron chi connectivity index (χ3n) is 8.32. The number of aryl methyl sites for hydroxylation is 3. The minimum atomic E-state index is -3.33. The van der Waals surface area contributed by atoms with Gasteiger partial charge in [0.2, 0.25) is 0 Å². The largest absolute Gasteiger partial charge is 0.487 e. The van der Waals surface area contributed by atoms with Crippen molar-refractivity contribution in [2.75, 3.05) is 33.8 Å². The quantitative estimate of drug-likeness (QED) is 0.199. The number of nitrogens with zero attached hydrogens (tertiary/aromatic N) is 2. The third kappa shape index (κ3) is 8.00. The number of hydrogen-bond donors (Lipinski definition) is 2. The summed E-state index contributed by atoms with van der Waals surface area (Å²) in [6, 6.07) is 16.6. The van der Waals surface area contributed by atoms with Crippen LogP contribution in [0.5, 0.6) is 5.75 Å². The van der Waals surface area contributed by atoms with Gasteiger partial charge in [0, 0.05) is 12.5 Å². The molecule has 0 aromatic heterocycles. The number of carbonyl (C=O) groups excluding carboxylic acids is 1. The Morgan fingerprint density at radius 2 is 1.84 bits per heavy atom. The van der Waals surface area contributed by atoms with Gasteiger partial charge < -0.3 is 14.4 Å². The van der Waals surface area contributed by atoms with Crippen LogP contribution >= 0.6 is 10.8 Å². The molecule has 0 fully saturated rings. The molecule has 240 valence electrons. The summed E-state index contributed by atoms with van der Waals surface area (Å²) in [5, 5.41) is 0. The molecule has 44 heavy (non-hydrogen) atoms. The summed E-state index contributed by atoms with van der Waals surface area (Å²) >= 11 is 0. The van der Waals surface area contributed by atoms with Crippen LogP contribution in [0.4, 0.5) is 4.39 Å². The predicted molar refractivity (Wildman–Crippen MR) is 175 cm³/mol. The summed E-state index contributed by atoms with van der Waals surface area (Å²) in [4.78, 5) is 15.4. The maximum absolute atomic E-state index is 15.1. The van der Waals surface area contributed by atoms with E-state index in [1.807, 2.05) is 65.2 Å². The highest BCUT2D eigenvalue weighted by molar-refractivity contribution is 8.22. The van der Waals surface area contributed by atoms with Gasteiger partial charge in [-0.3, -0.25) is 13.9 Å². The molecule has 0 saturated heterocycles. The van der Waals surface area contributed by atoms with Gasteiger partial charge in [0.25, 0.3) is 0 Å². The van der Waals surface area contributed by atoms with Crippen LogP contribution in [0, 0.1) is 19.7 Å². The average molecular weight is 627 g/mol. The van der Waals surface area contributed by atoms with E-state index in [-0.39, 0.29) is 43.4 Å². The van der Waals surface area contributed by atoms with Crippen molar-refractivity contribution in [2.24, 2.45) is 0 Å². The standard InChI is InChI=1S/C35H47FN2O5S/c1-7-29-23-38(44(40,41)34-14-10-9-13-33(34)43-29)22-28-19-26(16-15-24(28)3)31(21-35(39)42-8-2)30-20-27(12-11-17-37(5)6)32(36)18-25(30)4/h9-10,13-16,18-20,29,31,40-41H,7-8,11-12,17,21-23H2,1-6H3/t29-,31?/m1/s1. The van der Waals surface area contributed by atoms with E-state index < -0.39 is 10.8 Å². The minimum absolute atomic E-state index is 0.109. The van der Waals surface area contributed by atoms with Crippen LogP contribution in [0.2, 0.25) is 0 Å². The van der Waals surface area contributed by atoms with Crippen molar-refractivity contribution in [3.05, 3.63) is 93.8 Å². The van der Waals surface area contributed by atoms with Crippen molar-refractivity contribution in [1.29, 1.82) is 0 Å². The number of halogens is 1. The van der Waals surface area contributed by atoms with Crippen LogP contribution in [0.3, 0.4) is 0 Å². The summed E-state index contributed by atoms with van der Waals surface area (Å²) in [6.45, 7) is 9.43. The molecule has 1 heterocycles. The van der Waals surface area contributed by atoms with E-state index in [4.69, 9.17) is 9.47 Å². The average Bonchev–Trinajstić information content (AvgIpc) is 3.08. The first-order chi connectivity index (χ1) is 20.9. The third-order valence-corrected chi connectivity index (χ3v) is 10.2. The molecule has 0 bridgehead atoms. The molecule has 0 saturated carbocycles. The molecule has 9 heteroatoms. The van der Waals surface area contributed by atoms with E-state index in [1.54, 1.807) is 35.5 Å². The number of fused-ring (bicyclic) bond motifs is 1. The zero-order valence-corrected chi connectivity index (χ0v) is 27.6. The van der Waals surface area contributed by atoms with E-state index in [0.29, 0.717) is 35.6 Å². The van der Waals surface area contributed by atoms with E-state index in [0.717, 1.165) is 40.8 Å². The van der Waals surface area contributed by atoms with E-state index in [2.05, 4.69) is 4.90 Å². The molecule has 1 unspecified atom stereocenters. The SMILES string of the molecule is CCOC(=O)CC(c1ccc(C)c(CN2C[C@@H](CC)Oc3ccccc3S2(O)O)c1)c1cc(CCCN(C)C)c(F)cc1C. The topological polar surface area (TPSA) is 82.5 Å². The second-order valence-corrected chi connectivity index (χ2v) is 13.9. The van der Waals surface area contributed by atoms with Gasteiger partial charge in [0.15, 0.2) is 0 Å². The fourth-order valence-corrected chi connectivity index (χ4v) is 7.40. The predicted octanol–water partition coefficient (Wildman–Crippen LogP) is 7.72. The minimum Gasteiger partial charge on any atom is -0.487 e. The molecule has 1 aliphatic heterocycles. The van der Waals surface area contributed by atoms with Gasteiger partial charge in [-0.25, -0.2) is 4.39 Å². The molecule has 3 aromatic rings. The Kier molecular flexibility index (Phi) is 11.5. The molecule has 0 radical (unpaired) electrons. The first-order valence-corrected chi connectivity index (χ1v) is 16.9. The van der Waals surface area contributed by atoms with Gasteiger partial charge in [-0.05, 0) is 112 Å². The van der Waals surface area contributed by atoms with Gasteiger partial charge >= 0.3 is 5.97 Å². The Labute approximate surface area is 263 Å². The number of hydrogen-bond acceptors (Lipinski definition) is 7. The van der Waals surface area contributed by atoms with Crippen molar-refractivity contribution in [3.63, 3.8) is 0 Å². The van der Waals surface area contributed by atoms with Crippen LogP contribution < -0.4 is 4.74 Å². The van der Waals surface area contributed by atoms with Crippen molar-refractivity contribution < 1.29 is 27.8 Å². The number of carbonyl (C=O) groups is 1. The lowest BCUT2D eigenvalue weighted by Crippen LogP contribution is -2.34. The van der Waals surface area contributed by atoms with Gasteiger partial charge in [0.1, 0.15) is 22.6 Å². The number of benzene rings is 3. The number of esters is 1. The lowest BCUT2D eigenvalue weighted by molar-refractivity contribution is -0.143. The van der Waals surface area contributed by atoms with Crippen molar-refractivity contribution in [1.82, 2.24) is 9.21 Å². The number of ether oxygens (including phenoxy) is 2. The van der Waals surface area contributed by atoms with Crippen LogP contribution in [-0.4, -0.2) is 64.2 Å². The fourth-order valence-electron chi connectivity index (χ4n) is 5.78. The summed E-state index contributed by atoms with van der Waals surface area (Å²) in [5.41, 5.74) is 5.10. The highest BCUT2D eigenvalue weighted by Crippen LogP contribution is 2.57. The normalized spacial score (nSPS) is 17.8. The number of para-hydroxylation sites is 1. The fraction of sp³-hybridized carbons (Fsp3) is 0.457. The van der Waals surface area contributed by atoms with E-state index in [9.17, 15) is 13.9 Å². The molecular formula is C35H47FN2O5S. The van der Waals surface area contributed by atoms with Gasteiger partial charge in [0.05, 0.1) is 19.6 Å². The summed E-state index contributed by atoms with van der Waals surface area (Å²) in [6.07, 6.45) is 2.02. The van der Waals surface area contributed by atoms with Crippen LogP contribution in [0.25, 0.3) is 0 Å². The lowest BCUT2D eigenvalue weighted by atomic mass is 9.83. The van der Waals surface area contributed by atoms with Gasteiger partial charge in [-0.2, -0.15) is 4.31 Å². The Hall–Kier alpha value is -2.95. The summed E-state index contributed by atoms with van der Waals surface area (Å²) in [7, 11) is 0.668. The van der Waals surface area contributed by atoms with Crippen LogP contribution in [-0.2, 0) is 22.5 Å². The maximum atomic E-state index is 15.1. The second kappa shape index (κ2) is 14.9. The Bertz CT molecular complexity index is 1450. The molecule has 2 atom stereocenters. The summed E-state index contributed by atoms with van der Waals surface area (Å²) < 4.78 is 51.4. The Balaban J connectivity index is 1.74. The van der Waals surface area contributed by atoms with Gasteiger partial charge in [-0.1, -0.05) is 43.3 Å². The Morgan fingerprint density at radius 3 is 2.55 bits per heavy atom. The maximum Gasteiger partial charge on any atom is 0.306 e. The molecule has 0 amide bonds. The van der Waals surface area contributed by atoms with E-state index in [1.165, 1.54) is 0 Å². The van der Waals surface area contributed by atoms with Crippen LogP contribution in [0.1, 0.15) is 72.4 Å². The molecule has 0 spiro atoms. The molecule has 3 aromatic carbocycles. The lowest BCUT2D eigenvalue weighted by Gasteiger charge is -2.42.